The van der Waals surface area contributed by atoms with Crippen LogP contribution in [0, 0.1) is 0 Å². The second-order valence-electron chi connectivity index (χ2n) is 18.8. The Hall–Kier alpha value is -9.72. The van der Waals surface area contributed by atoms with Crippen LogP contribution in [-0.4, -0.2) is 16.2 Å². The van der Waals surface area contributed by atoms with Crippen molar-refractivity contribution in [3.05, 3.63) is 235 Å². The topological polar surface area (TPSA) is 81.1 Å². The van der Waals surface area contributed by atoms with Gasteiger partial charge in [0.1, 0.15) is 45.5 Å². The Morgan fingerprint density at radius 2 is 1.01 bits per heavy atom. The van der Waals surface area contributed by atoms with Gasteiger partial charge < -0.3 is 23.1 Å². The van der Waals surface area contributed by atoms with Crippen molar-refractivity contribution in [3.8, 4) is 16.8 Å². The zero-order chi connectivity index (χ0) is 47.0. The predicted octanol–water partition coefficient (Wildman–Crippen LogP) is 17.0. The van der Waals surface area contributed by atoms with Gasteiger partial charge in [0.05, 0.1) is 11.0 Å². The highest BCUT2D eigenvalue weighted by molar-refractivity contribution is 6.24. The summed E-state index contributed by atoms with van der Waals surface area (Å²) >= 11 is 0. The van der Waals surface area contributed by atoms with Gasteiger partial charge >= 0.3 is 0 Å². The molecule has 0 aliphatic carbocycles. The van der Waals surface area contributed by atoms with Crippen molar-refractivity contribution in [1.82, 2.24) is 9.88 Å². The van der Waals surface area contributed by atoms with Crippen LogP contribution in [0.2, 0.25) is 0 Å². The summed E-state index contributed by atoms with van der Waals surface area (Å²) in [5.74, 6) is 1.29. The lowest BCUT2D eigenvalue weighted by atomic mass is 9.95. The number of para-hydroxylation sites is 3. The second kappa shape index (κ2) is 14.9. The standard InChI is InChI=1S/C65H38N4O3/c1-2-15-39-35-53-51(33-38(39)14-1)44-30-27-37-13-3-4-16-42(37)62(44)69(53)41-29-31-45(50(36-41)40-28-32-57-52(34-40)43-17-5-8-22-54(43)70-57)63-66-64(48-20-11-25-58-60(48)46-18-6-9-23-55(46)71-58)68-65(67-63)49-21-12-26-59-61(49)47-19-7-10-24-56(47)72-59/h1-36,64H,(H,66,67,68). The first-order chi connectivity index (χ1) is 35.7. The lowest BCUT2D eigenvalue weighted by Gasteiger charge is -2.25. The van der Waals surface area contributed by atoms with Gasteiger partial charge in [0.15, 0.2) is 5.84 Å². The third kappa shape index (κ3) is 5.73. The van der Waals surface area contributed by atoms with Crippen LogP contribution < -0.4 is 5.32 Å². The fourth-order valence-corrected chi connectivity index (χ4v) is 11.6. The lowest BCUT2D eigenvalue weighted by molar-refractivity contribution is 0.662. The summed E-state index contributed by atoms with van der Waals surface area (Å²) in [5, 5.41) is 17.2. The Morgan fingerprint density at radius 3 is 1.82 bits per heavy atom. The van der Waals surface area contributed by atoms with E-state index in [2.05, 4.69) is 174 Å². The van der Waals surface area contributed by atoms with Crippen LogP contribution in [0.5, 0.6) is 0 Å². The highest BCUT2D eigenvalue weighted by Gasteiger charge is 2.28. The molecule has 0 saturated heterocycles. The monoisotopic (exact) mass is 922 g/mol. The van der Waals surface area contributed by atoms with Crippen LogP contribution in [0.25, 0.3) is 126 Å². The fraction of sp³-hybridized carbons (Fsp3) is 0.0154. The van der Waals surface area contributed by atoms with Crippen molar-refractivity contribution < 1.29 is 13.3 Å². The largest absolute Gasteiger partial charge is 0.456 e. The minimum absolute atomic E-state index is 0.546. The van der Waals surface area contributed by atoms with Crippen LogP contribution in [0.1, 0.15) is 22.9 Å². The minimum atomic E-state index is -0.546. The molecule has 1 atom stereocenters. The molecular weight excluding hydrogens is 885 g/mol. The molecule has 11 aromatic carbocycles. The number of amidine groups is 2. The van der Waals surface area contributed by atoms with Gasteiger partial charge in [-0.2, -0.15) is 0 Å². The molecule has 72 heavy (non-hydrogen) atoms. The lowest BCUT2D eigenvalue weighted by Crippen LogP contribution is -2.34. The Morgan fingerprint density at radius 1 is 0.389 bits per heavy atom. The van der Waals surface area contributed by atoms with Crippen molar-refractivity contribution >= 4 is 121 Å². The molecule has 1 aliphatic heterocycles. The molecule has 1 unspecified atom stereocenters. The first-order valence-electron chi connectivity index (χ1n) is 24.3. The molecule has 7 heteroatoms. The van der Waals surface area contributed by atoms with Gasteiger partial charge in [-0.1, -0.05) is 146 Å². The van der Waals surface area contributed by atoms with E-state index in [0.717, 1.165) is 110 Å². The molecule has 0 amide bonds. The Kier molecular flexibility index (Phi) is 8.10. The van der Waals surface area contributed by atoms with E-state index in [9.17, 15) is 0 Å². The zero-order valence-electron chi connectivity index (χ0n) is 38.4. The SMILES string of the molecule is c1ccc2cc3c(cc2c1)c1ccc2ccccc2c1n3-c1ccc(C2=NC(c3cccc4oc5ccccc5c34)NC(c3cccc4oc5ccccc5c34)=N2)c(-c2ccc3oc4ccccc4c3c2)c1. The van der Waals surface area contributed by atoms with Crippen LogP contribution in [-0.2, 0) is 0 Å². The number of fused-ring (bicyclic) bond motifs is 15. The predicted molar refractivity (Wildman–Crippen MR) is 295 cm³/mol. The average Bonchev–Trinajstić information content (AvgIpc) is 4.21. The normalized spacial score (nSPS) is 14.2. The van der Waals surface area contributed by atoms with E-state index in [0.29, 0.717) is 11.7 Å². The summed E-state index contributed by atoms with van der Waals surface area (Å²) in [6.07, 6.45) is -0.546. The smallest absolute Gasteiger partial charge is 0.160 e. The quantitative estimate of drug-likeness (QED) is 0.186. The van der Waals surface area contributed by atoms with E-state index in [4.69, 9.17) is 23.2 Å². The van der Waals surface area contributed by atoms with Crippen molar-refractivity contribution in [2.45, 2.75) is 6.17 Å². The maximum Gasteiger partial charge on any atom is 0.160 e. The molecule has 4 aromatic heterocycles. The van der Waals surface area contributed by atoms with Crippen molar-refractivity contribution in [2.24, 2.45) is 9.98 Å². The maximum atomic E-state index is 6.47. The number of aromatic nitrogens is 1. The first kappa shape index (κ1) is 39.2. The third-order valence-electron chi connectivity index (χ3n) is 14.8. The molecule has 0 radical (unpaired) electrons. The summed E-state index contributed by atoms with van der Waals surface area (Å²) in [4.78, 5) is 11.2. The van der Waals surface area contributed by atoms with Crippen LogP contribution in [0.3, 0.4) is 0 Å². The van der Waals surface area contributed by atoms with Gasteiger partial charge in [0.25, 0.3) is 0 Å². The number of furan rings is 3. The minimum Gasteiger partial charge on any atom is -0.456 e. The van der Waals surface area contributed by atoms with Crippen molar-refractivity contribution in [1.29, 1.82) is 0 Å². The van der Waals surface area contributed by atoms with Gasteiger partial charge in [0, 0.05) is 70.9 Å². The number of hydrogen-bond donors (Lipinski definition) is 1. The number of benzene rings is 11. The molecule has 15 aromatic rings. The number of hydrogen-bond acceptors (Lipinski definition) is 6. The fourth-order valence-electron chi connectivity index (χ4n) is 11.6. The Bertz CT molecular complexity index is 4870. The highest BCUT2D eigenvalue weighted by Crippen LogP contribution is 2.43. The summed E-state index contributed by atoms with van der Waals surface area (Å²) in [7, 11) is 0. The van der Waals surface area contributed by atoms with E-state index in [1.54, 1.807) is 0 Å². The molecule has 0 spiro atoms. The molecule has 0 saturated carbocycles. The average molecular weight is 923 g/mol. The molecule has 0 bridgehead atoms. The zero-order valence-corrected chi connectivity index (χ0v) is 38.4. The molecule has 7 nitrogen and oxygen atoms in total. The molecule has 0 fully saturated rings. The van der Waals surface area contributed by atoms with Crippen LogP contribution in [0.15, 0.2) is 242 Å². The summed E-state index contributed by atoms with van der Waals surface area (Å²) in [6, 6.07) is 77.0. The second-order valence-corrected chi connectivity index (χ2v) is 18.8. The third-order valence-corrected chi connectivity index (χ3v) is 14.8. The van der Waals surface area contributed by atoms with E-state index in [1.165, 1.54) is 32.3 Å². The van der Waals surface area contributed by atoms with Gasteiger partial charge in [-0.15, -0.1) is 0 Å². The summed E-state index contributed by atoms with van der Waals surface area (Å²) in [6.45, 7) is 0. The number of nitrogens with one attached hydrogen (secondary N) is 1. The van der Waals surface area contributed by atoms with Crippen molar-refractivity contribution in [3.63, 3.8) is 0 Å². The highest BCUT2D eigenvalue weighted by atomic mass is 16.3. The van der Waals surface area contributed by atoms with E-state index >= 15 is 0 Å². The molecule has 1 N–H and O–H groups in total. The molecule has 16 rings (SSSR count). The first-order valence-corrected chi connectivity index (χ1v) is 24.3. The van der Waals surface area contributed by atoms with Gasteiger partial charge in [-0.25, -0.2) is 9.98 Å². The maximum absolute atomic E-state index is 6.47. The van der Waals surface area contributed by atoms with Gasteiger partial charge in [-0.05, 0) is 100 Å². The number of aliphatic imine (C=N–C) groups is 2. The van der Waals surface area contributed by atoms with Gasteiger partial charge in [-0.3, -0.25) is 0 Å². The van der Waals surface area contributed by atoms with Gasteiger partial charge in [0.2, 0.25) is 0 Å². The molecule has 5 heterocycles. The van der Waals surface area contributed by atoms with Crippen LogP contribution in [0.4, 0.5) is 0 Å². The number of rotatable bonds is 5. The molecule has 1 aliphatic rings. The summed E-state index contributed by atoms with van der Waals surface area (Å²) in [5.41, 5.74) is 13.0. The Balaban J connectivity index is 0.995. The van der Waals surface area contributed by atoms with E-state index in [1.807, 2.05) is 54.6 Å². The summed E-state index contributed by atoms with van der Waals surface area (Å²) < 4.78 is 21.8. The van der Waals surface area contributed by atoms with E-state index in [-0.39, 0.29) is 0 Å². The van der Waals surface area contributed by atoms with E-state index < -0.39 is 6.17 Å². The number of nitrogens with zero attached hydrogens (tertiary/aromatic N) is 3. The van der Waals surface area contributed by atoms with Crippen LogP contribution >= 0.6 is 0 Å². The molecule has 336 valence electrons. The molecular formula is C65H38N4O3. The van der Waals surface area contributed by atoms with Crippen molar-refractivity contribution in [2.75, 3.05) is 0 Å². The Labute approximate surface area is 410 Å².